The Bertz CT molecular complexity index is 1070. The lowest BCUT2D eigenvalue weighted by Crippen LogP contribution is -2.50. The topological polar surface area (TPSA) is 79.5 Å². The molecule has 2 saturated heterocycles. The van der Waals surface area contributed by atoms with Crippen LogP contribution in [0.4, 0.5) is 0 Å². The molecule has 7 nitrogen and oxygen atoms in total. The van der Waals surface area contributed by atoms with E-state index >= 15 is 0 Å². The summed E-state index contributed by atoms with van der Waals surface area (Å²) in [5.74, 6) is -0.139. The van der Waals surface area contributed by atoms with Gasteiger partial charge in [0.05, 0.1) is 28.7 Å². The SMILES string of the molecule is O=C(c1coc(Cl)c1)N1C[C@@H]2C[C@H]1CN2C(=O)c1ccc2nccnc2c1. The van der Waals surface area contributed by atoms with E-state index in [-0.39, 0.29) is 29.1 Å². The normalized spacial score (nSPS) is 21.2. The van der Waals surface area contributed by atoms with Crippen LogP contribution in [0, 0.1) is 0 Å². The van der Waals surface area contributed by atoms with Crippen LogP contribution in [0.1, 0.15) is 27.1 Å². The van der Waals surface area contributed by atoms with Crippen molar-refractivity contribution in [1.82, 2.24) is 19.8 Å². The minimum absolute atomic E-state index is 0.0142. The van der Waals surface area contributed by atoms with E-state index in [1.807, 2.05) is 15.9 Å². The maximum absolute atomic E-state index is 13.0. The third kappa shape index (κ3) is 2.66. The molecule has 2 amide bonds. The highest BCUT2D eigenvalue weighted by Crippen LogP contribution is 2.33. The quantitative estimate of drug-likeness (QED) is 0.680. The number of amides is 2. The number of benzene rings is 1. The number of carbonyl (C=O) groups excluding carboxylic acids is 2. The second kappa shape index (κ2) is 6.06. The molecule has 3 aromatic rings. The van der Waals surface area contributed by atoms with Crippen molar-refractivity contribution in [2.24, 2.45) is 0 Å². The van der Waals surface area contributed by atoms with Gasteiger partial charge in [-0.1, -0.05) is 0 Å². The zero-order chi connectivity index (χ0) is 18.5. The van der Waals surface area contributed by atoms with E-state index < -0.39 is 0 Å². The fourth-order valence-corrected chi connectivity index (χ4v) is 4.18. The lowest BCUT2D eigenvalue weighted by Gasteiger charge is -2.34. The largest absolute Gasteiger partial charge is 0.452 e. The van der Waals surface area contributed by atoms with Crippen LogP contribution >= 0.6 is 11.6 Å². The number of nitrogens with zero attached hydrogens (tertiary/aromatic N) is 4. The van der Waals surface area contributed by atoms with E-state index in [1.54, 1.807) is 24.5 Å². The first-order valence-electron chi connectivity index (χ1n) is 8.67. The van der Waals surface area contributed by atoms with Crippen LogP contribution in [0.2, 0.25) is 5.22 Å². The Labute approximate surface area is 159 Å². The van der Waals surface area contributed by atoms with Crippen LogP contribution in [0.5, 0.6) is 0 Å². The molecule has 0 saturated carbocycles. The van der Waals surface area contributed by atoms with Crippen molar-refractivity contribution in [2.45, 2.75) is 18.5 Å². The molecule has 1 aromatic carbocycles. The predicted octanol–water partition coefficient (Wildman–Crippen LogP) is 2.62. The van der Waals surface area contributed by atoms with E-state index in [0.29, 0.717) is 29.7 Å². The number of hydrogen-bond donors (Lipinski definition) is 0. The lowest BCUT2D eigenvalue weighted by atomic mass is 10.1. The number of rotatable bonds is 2. The first-order valence-corrected chi connectivity index (χ1v) is 9.05. The number of furan rings is 1. The zero-order valence-corrected chi connectivity index (χ0v) is 15.0. The molecule has 2 aliphatic rings. The number of fused-ring (bicyclic) bond motifs is 3. The van der Waals surface area contributed by atoms with Gasteiger partial charge in [-0.05, 0) is 36.2 Å². The highest BCUT2D eigenvalue weighted by Gasteiger charge is 2.47. The summed E-state index contributed by atoms with van der Waals surface area (Å²) in [6.07, 6.45) is 5.40. The van der Waals surface area contributed by atoms with Gasteiger partial charge in [0.2, 0.25) is 0 Å². The van der Waals surface area contributed by atoms with Crippen molar-refractivity contribution in [2.75, 3.05) is 13.1 Å². The van der Waals surface area contributed by atoms with Gasteiger partial charge >= 0.3 is 0 Å². The molecule has 0 N–H and O–H groups in total. The predicted molar refractivity (Wildman–Crippen MR) is 97.5 cm³/mol. The maximum atomic E-state index is 13.0. The molecule has 5 rings (SSSR count). The van der Waals surface area contributed by atoms with Gasteiger partial charge in [-0.2, -0.15) is 0 Å². The number of piperazine rings is 1. The fraction of sp³-hybridized carbons (Fsp3) is 0.263. The van der Waals surface area contributed by atoms with Gasteiger partial charge in [0.25, 0.3) is 11.8 Å². The summed E-state index contributed by atoms with van der Waals surface area (Å²) in [7, 11) is 0. The van der Waals surface area contributed by atoms with Crippen LogP contribution in [0.15, 0.2) is 47.3 Å². The molecule has 0 radical (unpaired) electrons. The van der Waals surface area contributed by atoms with Crippen LogP contribution in [-0.4, -0.2) is 56.8 Å². The second-order valence-corrected chi connectivity index (χ2v) is 7.23. The van der Waals surface area contributed by atoms with Crippen molar-refractivity contribution in [3.8, 4) is 0 Å². The lowest BCUT2D eigenvalue weighted by molar-refractivity contribution is 0.0526. The molecule has 2 aliphatic heterocycles. The Balaban J connectivity index is 1.34. The summed E-state index contributed by atoms with van der Waals surface area (Å²) in [6.45, 7) is 1.05. The van der Waals surface area contributed by atoms with Crippen LogP contribution < -0.4 is 0 Å². The molecular formula is C19H15ClN4O3. The number of carbonyl (C=O) groups is 2. The second-order valence-electron chi connectivity index (χ2n) is 6.86. The average molecular weight is 383 g/mol. The molecule has 2 atom stereocenters. The summed E-state index contributed by atoms with van der Waals surface area (Å²) in [5, 5.41) is 0.193. The highest BCUT2D eigenvalue weighted by molar-refractivity contribution is 6.29. The van der Waals surface area contributed by atoms with Gasteiger partial charge in [0.15, 0.2) is 5.22 Å². The number of likely N-dealkylation sites (tertiary alicyclic amines) is 2. The smallest absolute Gasteiger partial charge is 0.257 e. The summed E-state index contributed by atoms with van der Waals surface area (Å²) in [5.41, 5.74) is 2.49. The maximum Gasteiger partial charge on any atom is 0.257 e. The standard InChI is InChI=1S/C19H15ClN4O3/c20-17-6-12(10-27-17)19(26)24-9-13-7-14(24)8-23(13)18(25)11-1-2-15-16(5-11)22-4-3-21-15/h1-6,10,13-14H,7-9H2/t13-,14-/m0/s1. The zero-order valence-electron chi connectivity index (χ0n) is 14.2. The molecule has 2 fully saturated rings. The summed E-state index contributed by atoms with van der Waals surface area (Å²) in [6, 6.07) is 6.92. The van der Waals surface area contributed by atoms with E-state index in [0.717, 1.165) is 11.9 Å². The molecule has 0 spiro atoms. The third-order valence-corrected chi connectivity index (χ3v) is 5.49. The molecule has 4 heterocycles. The highest BCUT2D eigenvalue weighted by atomic mass is 35.5. The van der Waals surface area contributed by atoms with Crippen LogP contribution in [-0.2, 0) is 0 Å². The Morgan fingerprint density at radius 2 is 1.63 bits per heavy atom. The Kier molecular flexibility index (Phi) is 3.65. The van der Waals surface area contributed by atoms with Crippen LogP contribution in [0.25, 0.3) is 11.0 Å². The summed E-state index contributed by atoms with van der Waals surface area (Å²) >= 11 is 5.76. The van der Waals surface area contributed by atoms with E-state index in [4.69, 9.17) is 16.0 Å². The van der Waals surface area contributed by atoms with E-state index in [9.17, 15) is 9.59 Å². The summed E-state index contributed by atoms with van der Waals surface area (Å²) in [4.78, 5) is 37.8. The number of halogens is 1. The molecule has 136 valence electrons. The van der Waals surface area contributed by atoms with Crippen molar-refractivity contribution in [3.63, 3.8) is 0 Å². The minimum Gasteiger partial charge on any atom is -0.452 e. The Morgan fingerprint density at radius 3 is 2.26 bits per heavy atom. The number of aromatic nitrogens is 2. The van der Waals surface area contributed by atoms with Crippen molar-refractivity contribution in [1.29, 1.82) is 0 Å². The van der Waals surface area contributed by atoms with Crippen molar-refractivity contribution < 1.29 is 14.0 Å². The first-order chi connectivity index (χ1) is 13.1. The molecule has 0 aliphatic carbocycles. The molecular weight excluding hydrogens is 368 g/mol. The Hall–Kier alpha value is -2.93. The molecule has 0 unspecified atom stereocenters. The molecule has 27 heavy (non-hydrogen) atoms. The van der Waals surface area contributed by atoms with Crippen molar-refractivity contribution >= 4 is 34.4 Å². The van der Waals surface area contributed by atoms with E-state index in [1.165, 1.54) is 12.3 Å². The fourth-order valence-electron chi connectivity index (χ4n) is 4.01. The number of hydrogen-bond acceptors (Lipinski definition) is 5. The summed E-state index contributed by atoms with van der Waals surface area (Å²) < 4.78 is 5.02. The van der Waals surface area contributed by atoms with Gasteiger partial charge in [0, 0.05) is 37.1 Å². The third-order valence-electron chi connectivity index (χ3n) is 5.29. The van der Waals surface area contributed by atoms with Crippen molar-refractivity contribution in [3.05, 3.63) is 59.3 Å². The van der Waals surface area contributed by atoms with Gasteiger partial charge in [-0.25, -0.2) is 0 Å². The van der Waals surface area contributed by atoms with E-state index in [2.05, 4.69) is 9.97 Å². The monoisotopic (exact) mass is 382 g/mol. The van der Waals surface area contributed by atoms with Gasteiger partial charge < -0.3 is 14.2 Å². The first kappa shape index (κ1) is 16.3. The molecule has 8 heteroatoms. The van der Waals surface area contributed by atoms with Gasteiger partial charge in [-0.3, -0.25) is 19.6 Å². The van der Waals surface area contributed by atoms with Crippen LogP contribution in [0.3, 0.4) is 0 Å². The molecule has 2 aromatic heterocycles. The Morgan fingerprint density at radius 1 is 0.963 bits per heavy atom. The van der Waals surface area contributed by atoms with Gasteiger partial charge in [-0.15, -0.1) is 0 Å². The molecule has 2 bridgehead atoms. The average Bonchev–Trinajstić information content (AvgIpc) is 3.42. The van der Waals surface area contributed by atoms with Gasteiger partial charge in [0.1, 0.15) is 6.26 Å². The minimum atomic E-state index is -0.105.